The maximum absolute atomic E-state index is 6.38. The predicted molar refractivity (Wildman–Crippen MR) is 82.3 cm³/mol. The zero-order valence-corrected chi connectivity index (χ0v) is 12.8. The summed E-state index contributed by atoms with van der Waals surface area (Å²) >= 11 is 0. The van der Waals surface area contributed by atoms with E-state index < -0.39 is 0 Å². The number of hydrogen-bond donors (Lipinski definition) is 1. The van der Waals surface area contributed by atoms with Gasteiger partial charge in [0.1, 0.15) is 0 Å². The van der Waals surface area contributed by atoms with Gasteiger partial charge in [0.05, 0.1) is 0 Å². The molecule has 1 fully saturated rings. The zero-order chi connectivity index (χ0) is 14.0. The molecule has 2 rings (SSSR count). The third-order valence-corrected chi connectivity index (χ3v) is 4.52. The second kappa shape index (κ2) is 5.64. The van der Waals surface area contributed by atoms with Gasteiger partial charge in [0.25, 0.3) is 0 Å². The molecule has 2 heteroatoms. The molecule has 106 valence electrons. The number of hydrogen-bond acceptors (Lipinski definition) is 2. The second-order valence-corrected chi connectivity index (χ2v) is 6.79. The molecule has 2 nitrogen and oxygen atoms in total. The number of nitrogens with zero attached hydrogens (tertiary/aromatic N) is 1. The molecule has 1 aromatic rings. The fraction of sp³-hybridized carbons (Fsp3) is 0.647. The Balaban J connectivity index is 2.01. The van der Waals surface area contributed by atoms with Gasteiger partial charge in [-0.15, -0.1) is 0 Å². The Hall–Kier alpha value is -0.860. The van der Waals surface area contributed by atoms with E-state index >= 15 is 0 Å². The van der Waals surface area contributed by atoms with Gasteiger partial charge in [-0.2, -0.15) is 0 Å². The SMILES string of the molecule is CC(C)c1ccc(C(N)CN2CCCC2(C)C)cc1. The van der Waals surface area contributed by atoms with Gasteiger partial charge < -0.3 is 5.73 Å². The summed E-state index contributed by atoms with van der Waals surface area (Å²) in [5, 5.41) is 0. The molecule has 1 atom stereocenters. The first-order valence-corrected chi connectivity index (χ1v) is 7.50. The maximum atomic E-state index is 6.38. The van der Waals surface area contributed by atoms with Gasteiger partial charge in [-0.25, -0.2) is 0 Å². The lowest BCUT2D eigenvalue weighted by molar-refractivity contribution is 0.165. The first-order chi connectivity index (χ1) is 8.90. The molecule has 1 aromatic carbocycles. The van der Waals surface area contributed by atoms with Gasteiger partial charge >= 0.3 is 0 Å². The Kier molecular flexibility index (Phi) is 4.32. The Morgan fingerprint density at radius 3 is 2.21 bits per heavy atom. The van der Waals surface area contributed by atoms with Gasteiger partial charge in [-0.05, 0) is 50.3 Å². The highest BCUT2D eigenvalue weighted by Crippen LogP contribution is 2.29. The molecule has 0 saturated carbocycles. The number of nitrogens with two attached hydrogens (primary N) is 1. The van der Waals surface area contributed by atoms with Crippen molar-refractivity contribution in [3.8, 4) is 0 Å². The van der Waals surface area contributed by atoms with Crippen molar-refractivity contribution in [2.75, 3.05) is 13.1 Å². The second-order valence-electron chi connectivity index (χ2n) is 6.79. The van der Waals surface area contributed by atoms with Crippen LogP contribution < -0.4 is 5.73 Å². The lowest BCUT2D eigenvalue weighted by Gasteiger charge is -2.33. The van der Waals surface area contributed by atoms with Crippen molar-refractivity contribution in [2.45, 2.75) is 58.0 Å². The minimum Gasteiger partial charge on any atom is -0.323 e. The van der Waals surface area contributed by atoms with Gasteiger partial charge in [0.2, 0.25) is 0 Å². The summed E-state index contributed by atoms with van der Waals surface area (Å²) in [6, 6.07) is 8.95. The Morgan fingerprint density at radius 2 is 1.74 bits per heavy atom. The van der Waals surface area contributed by atoms with E-state index in [2.05, 4.69) is 56.9 Å². The third kappa shape index (κ3) is 3.37. The molecule has 1 aliphatic heterocycles. The Morgan fingerprint density at radius 1 is 1.16 bits per heavy atom. The van der Waals surface area contributed by atoms with Crippen LogP contribution in [0.25, 0.3) is 0 Å². The van der Waals surface area contributed by atoms with Crippen molar-refractivity contribution in [1.82, 2.24) is 4.90 Å². The van der Waals surface area contributed by atoms with E-state index in [1.165, 1.54) is 30.5 Å². The van der Waals surface area contributed by atoms with Crippen molar-refractivity contribution in [2.24, 2.45) is 5.73 Å². The van der Waals surface area contributed by atoms with Crippen molar-refractivity contribution in [3.63, 3.8) is 0 Å². The van der Waals surface area contributed by atoms with Crippen LogP contribution in [-0.4, -0.2) is 23.5 Å². The van der Waals surface area contributed by atoms with Crippen LogP contribution >= 0.6 is 0 Å². The van der Waals surface area contributed by atoms with Crippen LogP contribution in [-0.2, 0) is 0 Å². The molecule has 0 radical (unpaired) electrons. The fourth-order valence-corrected chi connectivity index (χ4v) is 2.97. The molecule has 1 unspecified atom stereocenters. The van der Waals surface area contributed by atoms with E-state index in [1.807, 2.05) is 0 Å². The predicted octanol–water partition coefficient (Wildman–Crippen LogP) is 3.68. The Labute approximate surface area is 118 Å². The van der Waals surface area contributed by atoms with Crippen LogP contribution in [0.15, 0.2) is 24.3 Å². The zero-order valence-electron chi connectivity index (χ0n) is 12.8. The fourth-order valence-electron chi connectivity index (χ4n) is 2.97. The van der Waals surface area contributed by atoms with E-state index in [9.17, 15) is 0 Å². The largest absolute Gasteiger partial charge is 0.323 e. The topological polar surface area (TPSA) is 29.3 Å². The van der Waals surface area contributed by atoms with Crippen LogP contribution in [0.5, 0.6) is 0 Å². The van der Waals surface area contributed by atoms with Crippen molar-refractivity contribution in [3.05, 3.63) is 35.4 Å². The molecule has 19 heavy (non-hydrogen) atoms. The monoisotopic (exact) mass is 260 g/mol. The lowest BCUT2D eigenvalue weighted by atomic mass is 9.98. The number of likely N-dealkylation sites (tertiary alicyclic amines) is 1. The van der Waals surface area contributed by atoms with Crippen molar-refractivity contribution < 1.29 is 0 Å². The molecule has 0 amide bonds. The summed E-state index contributed by atoms with van der Waals surface area (Å²) in [5.41, 5.74) is 9.34. The maximum Gasteiger partial charge on any atom is 0.0424 e. The quantitative estimate of drug-likeness (QED) is 0.894. The highest BCUT2D eigenvalue weighted by molar-refractivity contribution is 5.27. The van der Waals surface area contributed by atoms with Gasteiger partial charge in [-0.3, -0.25) is 4.90 Å². The van der Waals surface area contributed by atoms with Crippen LogP contribution in [0.1, 0.15) is 63.6 Å². The summed E-state index contributed by atoms with van der Waals surface area (Å²) < 4.78 is 0. The minimum absolute atomic E-state index is 0.124. The van der Waals surface area contributed by atoms with E-state index in [-0.39, 0.29) is 6.04 Å². The first kappa shape index (κ1) is 14.5. The summed E-state index contributed by atoms with van der Waals surface area (Å²) in [6.07, 6.45) is 2.58. The summed E-state index contributed by atoms with van der Waals surface area (Å²) in [4.78, 5) is 2.54. The van der Waals surface area contributed by atoms with E-state index in [1.54, 1.807) is 0 Å². The van der Waals surface area contributed by atoms with Gasteiger partial charge in [-0.1, -0.05) is 38.1 Å². The standard InChI is InChI=1S/C17H28N2/c1-13(2)14-6-8-15(9-7-14)16(18)12-19-11-5-10-17(19,3)4/h6-9,13,16H,5,10-12,18H2,1-4H3. The molecule has 0 aliphatic carbocycles. The van der Waals surface area contributed by atoms with Crippen molar-refractivity contribution >= 4 is 0 Å². The molecular formula is C17H28N2. The average Bonchev–Trinajstić information content (AvgIpc) is 2.69. The average molecular weight is 260 g/mol. The van der Waals surface area contributed by atoms with Crippen LogP contribution in [0.4, 0.5) is 0 Å². The molecule has 1 heterocycles. The smallest absolute Gasteiger partial charge is 0.0424 e. The van der Waals surface area contributed by atoms with E-state index in [4.69, 9.17) is 5.73 Å². The summed E-state index contributed by atoms with van der Waals surface area (Å²) in [7, 11) is 0. The van der Waals surface area contributed by atoms with Gasteiger partial charge in [0.15, 0.2) is 0 Å². The molecule has 1 aliphatic rings. The van der Waals surface area contributed by atoms with Crippen LogP contribution in [0.3, 0.4) is 0 Å². The van der Waals surface area contributed by atoms with Crippen LogP contribution in [0.2, 0.25) is 0 Å². The molecule has 1 saturated heterocycles. The van der Waals surface area contributed by atoms with E-state index in [0.717, 1.165) is 6.54 Å². The molecule has 0 aromatic heterocycles. The molecule has 2 N–H and O–H groups in total. The Bertz CT molecular complexity index is 406. The lowest BCUT2D eigenvalue weighted by Crippen LogP contribution is -2.42. The normalized spacial score (nSPS) is 20.9. The van der Waals surface area contributed by atoms with E-state index in [0.29, 0.717) is 11.5 Å². The molecular weight excluding hydrogens is 232 g/mol. The summed E-state index contributed by atoms with van der Waals surface area (Å²) in [6.45, 7) is 11.3. The highest BCUT2D eigenvalue weighted by Gasteiger charge is 2.32. The molecule has 0 spiro atoms. The number of rotatable bonds is 4. The minimum atomic E-state index is 0.124. The third-order valence-electron chi connectivity index (χ3n) is 4.52. The number of benzene rings is 1. The first-order valence-electron chi connectivity index (χ1n) is 7.50. The van der Waals surface area contributed by atoms with Crippen LogP contribution in [0, 0.1) is 0 Å². The highest BCUT2D eigenvalue weighted by atomic mass is 15.2. The molecule has 0 bridgehead atoms. The van der Waals surface area contributed by atoms with Gasteiger partial charge in [0, 0.05) is 18.1 Å². The summed E-state index contributed by atoms with van der Waals surface area (Å²) in [5.74, 6) is 0.586. The van der Waals surface area contributed by atoms with Crippen molar-refractivity contribution in [1.29, 1.82) is 0 Å².